The van der Waals surface area contributed by atoms with Crippen molar-refractivity contribution < 1.29 is 14.6 Å². The molecule has 1 heterocycles. The second-order valence-corrected chi connectivity index (χ2v) is 12.0. The Hall–Kier alpha value is -0.120. The Morgan fingerprint density at radius 1 is 0.897 bits per heavy atom. The maximum Gasteiger partial charge on any atom is 0.168 e. The summed E-state index contributed by atoms with van der Waals surface area (Å²) in [5.41, 5.74) is 1.05. The predicted octanol–water partition coefficient (Wildman–Crippen LogP) is 5.80. The molecule has 1 spiro atoms. The van der Waals surface area contributed by atoms with E-state index in [0.29, 0.717) is 17.4 Å². The maximum atomic E-state index is 9.31. The average molecular weight is 405 g/mol. The van der Waals surface area contributed by atoms with Crippen LogP contribution in [-0.4, -0.2) is 30.7 Å². The third-order valence-corrected chi connectivity index (χ3v) is 11.1. The lowest BCUT2D eigenvalue weighted by Gasteiger charge is -2.62. The van der Waals surface area contributed by atoms with E-state index >= 15 is 0 Å². The highest BCUT2D eigenvalue weighted by Gasteiger charge is 2.62. The van der Waals surface area contributed by atoms with Crippen LogP contribution in [0, 0.1) is 46.3 Å². The van der Waals surface area contributed by atoms with Crippen molar-refractivity contribution >= 4 is 0 Å². The molecule has 0 bridgehead atoms. The number of fused-ring (bicyclic) bond motifs is 5. The molecule has 29 heavy (non-hydrogen) atoms. The van der Waals surface area contributed by atoms with Gasteiger partial charge in [0.1, 0.15) is 0 Å². The van der Waals surface area contributed by atoms with Gasteiger partial charge in [0.25, 0.3) is 0 Å². The van der Waals surface area contributed by atoms with Crippen molar-refractivity contribution in [1.82, 2.24) is 0 Å². The Bertz CT molecular complexity index is 599. The molecule has 5 fully saturated rings. The van der Waals surface area contributed by atoms with Crippen LogP contribution in [0.4, 0.5) is 0 Å². The molecule has 4 saturated carbocycles. The minimum Gasteiger partial charge on any atom is -0.396 e. The van der Waals surface area contributed by atoms with Crippen molar-refractivity contribution in [2.45, 2.75) is 97.2 Å². The fourth-order valence-corrected chi connectivity index (χ4v) is 9.55. The molecule has 4 aliphatic carbocycles. The van der Waals surface area contributed by atoms with Crippen LogP contribution in [0.1, 0.15) is 91.4 Å². The third-order valence-electron chi connectivity index (χ3n) is 11.1. The van der Waals surface area contributed by atoms with E-state index < -0.39 is 0 Å². The van der Waals surface area contributed by atoms with Crippen molar-refractivity contribution in [3.8, 4) is 0 Å². The van der Waals surface area contributed by atoms with E-state index in [1.165, 1.54) is 51.4 Å². The molecular formula is C26H44O3. The summed E-state index contributed by atoms with van der Waals surface area (Å²) >= 11 is 0. The van der Waals surface area contributed by atoms with Gasteiger partial charge in [-0.2, -0.15) is 0 Å². The quantitative estimate of drug-likeness (QED) is 0.644. The van der Waals surface area contributed by atoms with E-state index in [1.807, 2.05) is 0 Å². The first kappa shape index (κ1) is 20.8. The van der Waals surface area contributed by atoms with Crippen LogP contribution < -0.4 is 0 Å². The molecule has 1 N–H and O–H groups in total. The van der Waals surface area contributed by atoms with Crippen LogP contribution in [0.25, 0.3) is 0 Å². The Morgan fingerprint density at radius 3 is 2.41 bits per heavy atom. The molecule has 3 nitrogen and oxygen atoms in total. The van der Waals surface area contributed by atoms with Crippen LogP contribution in [0.5, 0.6) is 0 Å². The van der Waals surface area contributed by atoms with Gasteiger partial charge in [0.2, 0.25) is 0 Å². The summed E-state index contributed by atoms with van der Waals surface area (Å²) in [6.07, 6.45) is 14.4. The lowest BCUT2D eigenvalue weighted by molar-refractivity contribution is -0.229. The molecule has 166 valence electrons. The average Bonchev–Trinajstić information content (AvgIpc) is 3.31. The summed E-state index contributed by atoms with van der Waals surface area (Å²) in [5.74, 6) is 5.03. The first-order valence-electron chi connectivity index (χ1n) is 12.8. The largest absolute Gasteiger partial charge is 0.396 e. The van der Waals surface area contributed by atoms with E-state index in [9.17, 15) is 5.11 Å². The highest BCUT2D eigenvalue weighted by molar-refractivity contribution is 5.10. The summed E-state index contributed by atoms with van der Waals surface area (Å²) < 4.78 is 12.3. The van der Waals surface area contributed by atoms with E-state index in [2.05, 4.69) is 20.8 Å². The lowest BCUT2D eigenvalue weighted by Crippen LogP contribution is -2.56. The van der Waals surface area contributed by atoms with Gasteiger partial charge in [-0.1, -0.05) is 20.8 Å². The second kappa shape index (κ2) is 7.48. The third kappa shape index (κ3) is 3.16. The van der Waals surface area contributed by atoms with Gasteiger partial charge in [0.05, 0.1) is 13.2 Å². The summed E-state index contributed by atoms with van der Waals surface area (Å²) in [6.45, 7) is 9.73. The lowest BCUT2D eigenvalue weighted by atomic mass is 9.44. The Kier molecular flexibility index (Phi) is 5.36. The molecule has 1 saturated heterocycles. The first-order chi connectivity index (χ1) is 13.9. The summed E-state index contributed by atoms with van der Waals surface area (Å²) in [4.78, 5) is 0. The van der Waals surface area contributed by atoms with Crippen LogP contribution >= 0.6 is 0 Å². The summed E-state index contributed by atoms with van der Waals surface area (Å²) in [6, 6.07) is 0. The van der Waals surface area contributed by atoms with Crippen LogP contribution in [0.15, 0.2) is 0 Å². The molecule has 5 aliphatic rings. The Morgan fingerprint density at radius 2 is 1.66 bits per heavy atom. The fourth-order valence-electron chi connectivity index (χ4n) is 9.55. The Balaban J connectivity index is 1.33. The van der Waals surface area contributed by atoms with Crippen molar-refractivity contribution in [3.63, 3.8) is 0 Å². The molecule has 1 aliphatic heterocycles. The van der Waals surface area contributed by atoms with Gasteiger partial charge in [-0.05, 0) is 104 Å². The SMILES string of the molecule is CC(CCCO)C1CCC2C3CCC4CC5(CCC4(C)C3CCC12C)OCCO5. The van der Waals surface area contributed by atoms with Crippen LogP contribution in [-0.2, 0) is 9.47 Å². The number of hydrogen-bond donors (Lipinski definition) is 1. The molecular weight excluding hydrogens is 360 g/mol. The fraction of sp³-hybridized carbons (Fsp3) is 1.00. The van der Waals surface area contributed by atoms with E-state index in [1.54, 1.807) is 0 Å². The molecule has 8 unspecified atom stereocenters. The van der Waals surface area contributed by atoms with Gasteiger partial charge >= 0.3 is 0 Å². The smallest absolute Gasteiger partial charge is 0.168 e. The van der Waals surface area contributed by atoms with Crippen LogP contribution in [0.3, 0.4) is 0 Å². The number of aliphatic hydroxyl groups excluding tert-OH is 1. The molecule has 0 aromatic rings. The molecule has 0 aromatic heterocycles. The van der Waals surface area contributed by atoms with Gasteiger partial charge < -0.3 is 14.6 Å². The predicted molar refractivity (Wildman–Crippen MR) is 115 cm³/mol. The minimum atomic E-state index is -0.221. The summed E-state index contributed by atoms with van der Waals surface area (Å²) in [5, 5.41) is 9.31. The normalized spacial score (nSPS) is 49.4. The van der Waals surface area contributed by atoms with Crippen LogP contribution in [0.2, 0.25) is 0 Å². The van der Waals surface area contributed by atoms with Gasteiger partial charge in [-0.15, -0.1) is 0 Å². The molecule has 3 heteroatoms. The number of rotatable bonds is 4. The number of aliphatic hydroxyl groups is 1. The zero-order valence-corrected chi connectivity index (χ0v) is 19.1. The molecule has 8 atom stereocenters. The maximum absolute atomic E-state index is 9.31. The monoisotopic (exact) mass is 404 g/mol. The molecule has 0 aromatic carbocycles. The van der Waals surface area contributed by atoms with Crippen molar-refractivity contribution in [2.24, 2.45) is 46.3 Å². The summed E-state index contributed by atoms with van der Waals surface area (Å²) in [7, 11) is 0. The molecule has 0 amide bonds. The topological polar surface area (TPSA) is 38.7 Å². The highest BCUT2D eigenvalue weighted by Crippen LogP contribution is 2.69. The highest BCUT2D eigenvalue weighted by atomic mass is 16.7. The second-order valence-electron chi connectivity index (χ2n) is 12.0. The van der Waals surface area contributed by atoms with Gasteiger partial charge in [0.15, 0.2) is 5.79 Å². The van der Waals surface area contributed by atoms with Gasteiger partial charge in [-0.3, -0.25) is 0 Å². The molecule has 0 radical (unpaired) electrons. The minimum absolute atomic E-state index is 0.221. The number of hydrogen-bond acceptors (Lipinski definition) is 3. The Labute approximate surface area is 178 Å². The van der Waals surface area contributed by atoms with Crippen molar-refractivity contribution in [3.05, 3.63) is 0 Å². The number of ether oxygens (including phenoxy) is 2. The van der Waals surface area contributed by atoms with Gasteiger partial charge in [0, 0.05) is 19.4 Å². The zero-order chi connectivity index (χ0) is 20.3. The van der Waals surface area contributed by atoms with Crippen molar-refractivity contribution in [1.29, 1.82) is 0 Å². The zero-order valence-electron chi connectivity index (χ0n) is 19.1. The van der Waals surface area contributed by atoms with Crippen molar-refractivity contribution in [2.75, 3.05) is 19.8 Å². The van der Waals surface area contributed by atoms with Gasteiger partial charge in [-0.25, -0.2) is 0 Å². The standard InChI is InChI=1S/C26H44O3/c1-18(5-4-14-27)21-8-9-22-20-7-6-19-17-26(28-15-16-29-26)13-12-24(19,2)23(20)10-11-25(21,22)3/h18-23,27H,4-17H2,1-3H3. The molecule has 5 rings (SSSR count). The first-order valence-corrected chi connectivity index (χ1v) is 12.8. The van der Waals surface area contributed by atoms with E-state index in [4.69, 9.17) is 9.47 Å². The van der Waals surface area contributed by atoms with E-state index in [-0.39, 0.29) is 5.79 Å². The van der Waals surface area contributed by atoms with E-state index in [0.717, 1.165) is 68.0 Å².